The molecule has 15 heavy (non-hydrogen) atoms. The van der Waals surface area contributed by atoms with Gasteiger partial charge < -0.3 is 10.1 Å². The summed E-state index contributed by atoms with van der Waals surface area (Å²) in [5, 5.41) is 7.88. The van der Waals surface area contributed by atoms with Crippen molar-refractivity contribution in [3.05, 3.63) is 22.4 Å². The van der Waals surface area contributed by atoms with E-state index in [1.54, 1.807) is 18.4 Å². The molecule has 1 heterocycles. The van der Waals surface area contributed by atoms with Crippen molar-refractivity contribution in [3.8, 4) is 0 Å². The van der Waals surface area contributed by atoms with E-state index in [-0.39, 0.29) is 0 Å². The first-order valence-electron chi connectivity index (χ1n) is 5.56. The number of rotatable bonds is 7. The zero-order valence-corrected chi connectivity index (χ0v) is 10.6. The van der Waals surface area contributed by atoms with E-state index in [4.69, 9.17) is 4.74 Å². The molecule has 0 aliphatic carbocycles. The normalized spacial score (nSPS) is 15.1. The zero-order chi connectivity index (χ0) is 11.1. The lowest BCUT2D eigenvalue weighted by Crippen LogP contribution is -2.21. The van der Waals surface area contributed by atoms with Gasteiger partial charge in [-0.3, -0.25) is 0 Å². The minimum absolute atomic E-state index is 0.352. The third-order valence-corrected chi connectivity index (χ3v) is 3.36. The summed E-state index contributed by atoms with van der Waals surface area (Å²) < 4.78 is 5.27. The molecule has 0 saturated carbocycles. The molecular formula is C12H21NOS. The molecule has 1 N–H and O–H groups in total. The Labute approximate surface area is 96.7 Å². The fourth-order valence-electron chi connectivity index (χ4n) is 1.63. The Morgan fingerprint density at radius 1 is 1.47 bits per heavy atom. The quantitative estimate of drug-likeness (QED) is 0.772. The van der Waals surface area contributed by atoms with Crippen LogP contribution in [0.3, 0.4) is 0 Å². The lowest BCUT2D eigenvalue weighted by atomic mass is 10.0. The van der Waals surface area contributed by atoms with Crippen LogP contribution in [-0.4, -0.2) is 19.8 Å². The van der Waals surface area contributed by atoms with Gasteiger partial charge in [-0.25, -0.2) is 0 Å². The van der Waals surface area contributed by atoms with Gasteiger partial charge >= 0.3 is 0 Å². The van der Waals surface area contributed by atoms with E-state index in [2.05, 4.69) is 36.0 Å². The van der Waals surface area contributed by atoms with Gasteiger partial charge in [-0.1, -0.05) is 6.92 Å². The van der Waals surface area contributed by atoms with Crippen molar-refractivity contribution in [1.82, 2.24) is 5.32 Å². The largest absolute Gasteiger partial charge is 0.382 e. The van der Waals surface area contributed by atoms with Crippen LogP contribution < -0.4 is 5.32 Å². The van der Waals surface area contributed by atoms with E-state index in [9.17, 15) is 0 Å². The molecule has 1 aromatic rings. The second kappa shape index (κ2) is 6.99. The molecule has 0 saturated heterocycles. The Kier molecular flexibility index (Phi) is 5.91. The predicted octanol–water partition coefficient (Wildman–Crippen LogP) is 3.21. The lowest BCUT2D eigenvalue weighted by Gasteiger charge is -2.18. The molecular weight excluding hydrogens is 206 g/mol. The maximum Gasteiger partial charge on any atom is 0.0543 e. The molecule has 0 radical (unpaired) electrons. The molecule has 2 unspecified atom stereocenters. The van der Waals surface area contributed by atoms with Crippen molar-refractivity contribution in [1.29, 1.82) is 0 Å². The highest BCUT2D eigenvalue weighted by atomic mass is 32.1. The van der Waals surface area contributed by atoms with Gasteiger partial charge in [0.05, 0.1) is 6.10 Å². The van der Waals surface area contributed by atoms with E-state index in [1.807, 2.05) is 0 Å². The minimum atomic E-state index is 0.352. The van der Waals surface area contributed by atoms with Crippen LogP contribution in [0, 0.1) is 0 Å². The summed E-state index contributed by atoms with van der Waals surface area (Å²) in [6.07, 6.45) is 2.59. The van der Waals surface area contributed by atoms with E-state index in [1.165, 1.54) is 5.56 Å². The molecule has 1 rings (SSSR count). The van der Waals surface area contributed by atoms with Gasteiger partial charge in [-0.05, 0) is 48.7 Å². The monoisotopic (exact) mass is 227 g/mol. The predicted molar refractivity (Wildman–Crippen MR) is 66.4 cm³/mol. The summed E-state index contributed by atoms with van der Waals surface area (Å²) in [7, 11) is 1.78. The topological polar surface area (TPSA) is 21.3 Å². The van der Waals surface area contributed by atoms with Gasteiger partial charge in [0.15, 0.2) is 0 Å². The standard InChI is InChI=1S/C12H21NOS/c1-4-13-12(6-5-10(2)14-3)11-7-8-15-9-11/h7-10,12-13H,4-6H2,1-3H3. The molecule has 0 aromatic carbocycles. The van der Waals surface area contributed by atoms with Gasteiger partial charge in [-0.2, -0.15) is 11.3 Å². The zero-order valence-electron chi connectivity index (χ0n) is 9.82. The van der Waals surface area contributed by atoms with E-state index < -0.39 is 0 Å². The van der Waals surface area contributed by atoms with Crippen molar-refractivity contribution in [2.45, 2.75) is 38.8 Å². The second-order valence-electron chi connectivity index (χ2n) is 3.79. The fraction of sp³-hybridized carbons (Fsp3) is 0.667. The highest BCUT2D eigenvalue weighted by molar-refractivity contribution is 7.07. The van der Waals surface area contributed by atoms with E-state index >= 15 is 0 Å². The molecule has 0 bridgehead atoms. The molecule has 0 fully saturated rings. The van der Waals surface area contributed by atoms with Crippen molar-refractivity contribution in [2.24, 2.45) is 0 Å². The van der Waals surface area contributed by atoms with Crippen LogP contribution in [0.1, 0.15) is 38.3 Å². The Balaban J connectivity index is 2.44. The van der Waals surface area contributed by atoms with Crippen LogP contribution in [0.2, 0.25) is 0 Å². The number of hydrogen-bond acceptors (Lipinski definition) is 3. The van der Waals surface area contributed by atoms with Crippen LogP contribution in [0.15, 0.2) is 16.8 Å². The first kappa shape index (κ1) is 12.7. The van der Waals surface area contributed by atoms with Gasteiger partial charge in [0.2, 0.25) is 0 Å². The van der Waals surface area contributed by atoms with Gasteiger partial charge in [-0.15, -0.1) is 0 Å². The molecule has 1 aromatic heterocycles. The van der Waals surface area contributed by atoms with Gasteiger partial charge in [0, 0.05) is 13.2 Å². The Morgan fingerprint density at radius 3 is 2.80 bits per heavy atom. The van der Waals surface area contributed by atoms with E-state index in [0.29, 0.717) is 12.1 Å². The maximum atomic E-state index is 5.27. The summed E-state index contributed by atoms with van der Waals surface area (Å²) in [6, 6.07) is 2.69. The van der Waals surface area contributed by atoms with Crippen molar-refractivity contribution in [2.75, 3.05) is 13.7 Å². The number of ether oxygens (including phenoxy) is 1. The molecule has 0 amide bonds. The summed E-state index contributed by atoms with van der Waals surface area (Å²) >= 11 is 1.76. The summed E-state index contributed by atoms with van der Waals surface area (Å²) in [6.45, 7) is 5.29. The summed E-state index contributed by atoms with van der Waals surface area (Å²) in [4.78, 5) is 0. The molecule has 0 aliphatic rings. The number of thiophene rings is 1. The number of methoxy groups -OCH3 is 1. The summed E-state index contributed by atoms with van der Waals surface area (Å²) in [5.74, 6) is 0. The van der Waals surface area contributed by atoms with Crippen LogP contribution in [0.25, 0.3) is 0 Å². The first-order valence-corrected chi connectivity index (χ1v) is 6.50. The molecule has 86 valence electrons. The van der Waals surface area contributed by atoms with Crippen molar-refractivity contribution in [3.63, 3.8) is 0 Å². The SMILES string of the molecule is CCNC(CCC(C)OC)c1ccsc1. The summed E-state index contributed by atoms with van der Waals surface area (Å²) in [5.41, 5.74) is 1.41. The number of nitrogens with one attached hydrogen (secondary N) is 1. The molecule has 2 atom stereocenters. The van der Waals surface area contributed by atoms with Crippen molar-refractivity contribution >= 4 is 11.3 Å². The third kappa shape index (κ3) is 4.33. The van der Waals surface area contributed by atoms with Crippen LogP contribution >= 0.6 is 11.3 Å². The fourth-order valence-corrected chi connectivity index (χ4v) is 2.34. The average molecular weight is 227 g/mol. The average Bonchev–Trinajstić information content (AvgIpc) is 2.76. The molecule has 0 aliphatic heterocycles. The van der Waals surface area contributed by atoms with Crippen LogP contribution in [0.5, 0.6) is 0 Å². The van der Waals surface area contributed by atoms with Gasteiger partial charge in [0.1, 0.15) is 0 Å². The molecule has 3 heteroatoms. The lowest BCUT2D eigenvalue weighted by molar-refractivity contribution is 0.106. The van der Waals surface area contributed by atoms with Crippen molar-refractivity contribution < 1.29 is 4.74 Å². The van der Waals surface area contributed by atoms with Gasteiger partial charge in [0.25, 0.3) is 0 Å². The Hall–Kier alpha value is -0.380. The van der Waals surface area contributed by atoms with E-state index in [0.717, 1.165) is 19.4 Å². The van der Waals surface area contributed by atoms with Crippen LogP contribution in [-0.2, 0) is 4.74 Å². The molecule has 2 nitrogen and oxygen atoms in total. The first-order chi connectivity index (χ1) is 7.27. The minimum Gasteiger partial charge on any atom is -0.382 e. The maximum absolute atomic E-state index is 5.27. The Morgan fingerprint density at radius 2 is 2.27 bits per heavy atom. The molecule has 0 spiro atoms. The number of hydrogen-bond donors (Lipinski definition) is 1. The van der Waals surface area contributed by atoms with Crippen LogP contribution in [0.4, 0.5) is 0 Å². The smallest absolute Gasteiger partial charge is 0.0543 e. The highest BCUT2D eigenvalue weighted by Gasteiger charge is 2.11. The highest BCUT2D eigenvalue weighted by Crippen LogP contribution is 2.22. The third-order valence-electron chi connectivity index (χ3n) is 2.66. The second-order valence-corrected chi connectivity index (χ2v) is 4.57. The Bertz CT molecular complexity index is 248.